The minimum atomic E-state index is -4.53. The van der Waals surface area contributed by atoms with E-state index in [-0.39, 0.29) is 23.8 Å². The van der Waals surface area contributed by atoms with Crippen molar-refractivity contribution in [2.24, 2.45) is 0 Å². The Morgan fingerprint density at radius 3 is 2.03 bits per heavy atom. The Balaban J connectivity index is 1.53. The zero-order valence-corrected chi connectivity index (χ0v) is 22.0. The quantitative estimate of drug-likeness (QED) is 0.299. The molecule has 0 unspecified atom stereocenters. The van der Waals surface area contributed by atoms with E-state index < -0.39 is 11.7 Å². The molecule has 7 nitrogen and oxygen atoms in total. The van der Waals surface area contributed by atoms with Crippen LogP contribution in [-0.4, -0.2) is 43.6 Å². The molecule has 0 N–H and O–H groups in total. The number of rotatable bonds is 7. The van der Waals surface area contributed by atoms with Crippen molar-refractivity contribution in [1.29, 1.82) is 0 Å². The summed E-state index contributed by atoms with van der Waals surface area (Å²) in [7, 11) is 4.72. The summed E-state index contributed by atoms with van der Waals surface area (Å²) in [5.74, 6) is 1.84. The summed E-state index contributed by atoms with van der Waals surface area (Å²) in [4.78, 5) is 16.1. The number of anilines is 1. The van der Waals surface area contributed by atoms with Crippen LogP contribution in [0.25, 0.3) is 11.0 Å². The Bertz CT molecular complexity index is 1510. The molecule has 0 atom stereocenters. The minimum Gasteiger partial charge on any atom is -0.494 e. The largest absolute Gasteiger partial charge is 0.494 e. The van der Waals surface area contributed by atoms with Gasteiger partial charge in [0.25, 0.3) is 0 Å². The molecule has 4 aromatic rings. The summed E-state index contributed by atoms with van der Waals surface area (Å²) >= 11 is 0. The average Bonchev–Trinajstić information content (AvgIpc) is 3.23. The van der Waals surface area contributed by atoms with Crippen molar-refractivity contribution in [2.75, 3.05) is 39.3 Å². The zero-order chi connectivity index (χ0) is 27.7. The first kappa shape index (κ1) is 26.5. The van der Waals surface area contributed by atoms with Crippen molar-refractivity contribution in [3.63, 3.8) is 0 Å². The number of piperidine rings is 1. The van der Waals surface area contributed by atoms with E-state index in [0.717, 1.165) is 11.8 Å². The van der Waals surface area contributed by atoms with E-state index in [1.807, 2.05) is 24.3 Å². The van der Waals surface area contributed by atoms with Crippen molar-refractivity contribution in [3.05, 3.63) is 82.3 Å². The van der Waals surface area contributed by atoms with Crippen LogP contribution < -0.4 is 24.8 Å². The highest BCUT2D eigenvalue weighted by Gasteiger charge is 2.34. The SMILES string of the molecule is COc1cccc(OC)c1N1CCC(n2c(=O)n(Cc3ccccc3C(F)(F)F)c3c(OC)cccc32)CC1. The number of benzene rings is 3. The molecule has 1 aliphatic rings. The van der Waals surface area contributed by atoms with E-state index in [1.165, 1.54) is 23.8 Å². The first-order chi connectivity index (χ1) is 18.8. The molecule has 39 heavy (non-hydrogen) atoms. The van der Waals surface area contributed by atoms with Gasteiger partial charge in [0.15, 0.2) is 0 Å². The molecule has 0 saturated carbocycles. The molecule has 0 amide bonds. The summed E-state index contributed by atoms with van der Waals surface area (Å²) in [5.41, 5.74) is 0.885. The molecular formula is C29H30F3N3O4. The molecule has 1 saturated heterocycles. The fraction of sp³-hybridized carbons (Fsp3) is 0.345. The van der Waals surface area contributed by atoms with Crippen LogP contribution in [-0.2, 0) is 12.7 Å². The maximum Gasteiger partial charge on any atom is 0.416 e. The molecule has 1 aromatic heterocycles. The predicted octanol–water partition coefficient (Wildman–Crippen LogP) is 5.74. The molecule has 0 bridgehead atoms. The van der Waals surface area contributed by atoms with Gasteiger partial charge in [0, 0.05) is 19.1 Å². The van der Waals surface area contributed by atoms with Gasteiger partial charge in [-0.3, -0.25) is 9.13 Å². The summed E-state index contributed by atoms with van der Waals surface area (Å²) in [5, 5.41) is 0. The fourth-order valence-electron chi connectivity index (χ4n) is 5.57. The molecule has 0 spiro atoms. The highest BCUT2D eigenvalue weighted by Crippen LogP contribution is 2.41. The van der Waals surface area contributed by atoms with Crippen LogP contribution in [0, 0.1) is 0 Å². The Labute approximate surface area is 223 Å². The van der Waals surface area contributed by atoms with Crippen LogP contribution >= 0.6 is 0 Å². The van der Waals surface area contributed by atoms with Crippen molar-refractivity contribution < 1.29 is 27.4 Å². The van der Waals surface area contributed by atoms with Crippen molar-refractivity contribution in [1.82, 2.24) is 9.13 Å². The molecule has 5 rings (SSSR count). The molecule has 2 heterocycles. The number of alkyl halides is 3. The number of aromatic nitrogens is 2. The number of halogens is 3. The zero-order valence-electron chi connectivity index (χ0n) is 22.0. The van der Waals surface area contributed by atoms with Crippen LogP contribution in [0.1, 0.15) is 30.0 Å². The number of imidazole rings is 1. The lowest BCUT2D eigenvalue weighted by atomic mass is 10.0. The number of hydrogen-bond acceptors (Lipinski definition) is 5. The number of ether oxygens (including phenoxy) is 3. The highest BCUT2D eigenvalue weighted by molar-refractivity contribution is 5.83. The topological polar surface area (TPSA) is 57.9 Å². The van der Waals surface area contributed by atoms with E-state index in [0.29, 0.717) is 54.2 Å². The van der Waals surface area contributed by atoms with Gasteiger partial charge in [-0.25, -0.2) is 4.79 Å². The molecular weight excluding hydrogens is 511 g/mol. The number of methoxy groups -OCH3 is 3. The van der Waals surface area contributed by atoms with Crippen LogP contribution in [0.3, 0.4) is 0 Å². The number of nitrogens with zero attached hydrogens (tertiary/aromatic N) is 3. The van der Waals surface area contributed by atoms with Crippen LogP contribution in [0.2, 0.25) is 0 Å². The maximum absolute atomic E-state index is 13.9. The fourth-order valence-corrected chi connectivity index (χ4v) is 5.57. The third-order valence-corrected chi connectivity index (χ3v) is 7.36. The van der Waals surface area contributed by atoms with Crippen molar-refractivity contribution in [3.8, 4) is 17.2 Å². The van der Waals surface area contributed by atoms with Gasteiger partial charge in [0.1, 0.15) is 28.5 Å². The standard InChI is InChI=1S/C29H30F3N3O4/c1-37-23-11-6-10-22-26(23)34(18-19-8-4-5-9-21(19)29(30,31)32)28(36)35(22)20-14-16-33(17-15-20)27-24(38-2)12-7-13-25(27)39-3/h4-13,20H,14-18H2,1-3H3. The summed E-state index contributed by atoms with van der Waals surface area (Å²) in [6.45, 7) is 1.05. The van der Waals surface area contributed by atoms with E-state index >= 15 is 0 Å². The van der Waals surface area contributed by atoms with Crippen LogP contribution in [0.15, 0.2) is 65.5 Å². The van der Waals surface area contributed by atoms with Gasteiger partial charge in [0.2, 0.25) is 0 Å². The van der Waals surface area contributed by atoms with Crippen LogP contribution in [0.4, 0.5) is 18.9 Å². The highest BCUT2D eigenvalue weighted by atomic mass is 19.4. The minimum absolute atomic E-state index is 0.0233. The van der Waals surface area contributed by atoms with Gasteiger partial charge in [-0.2, -0.15) is 13.2 Å². The number of hydrogen-bond donors (Lipinski definition) is 0. The third kappa shape index (κ3) is 4.79. The molecule has 0 radical (unpaired) electrons. The molecule has 1 aliphatic heterocycles. The normalized spacial score (nSPS) is 14.6. The first-order valence-corrected chi connectivity index (χ1v) is 12.7. The van der Waals surface area contributed by atoms with Gasteiger partial charge < -0.3 is 19.1 Å². The Morgan fingerprint density at radius 2 is 1.41 bits per heavy atom. The lowest BCUT2D eigenvalue weighted by Gasteiger charge is -2.35. The smallest absolute Gasteiger partial charge is 0.416 e. The molecule has 10 heteroatoms. The molecule has 0 aliphatic carbocycles. The number of fused-ring (bicyclic) bond motifs is 1. The maximum atomic E-state index is 13.9. The average molecular weight is 542 g/mol. The lowest BCUT2D eigenvalue weighted by molar-refractivity contribution is -0.138. The Hall–Kier alpha value is -4.08. The second kappa shape index (κ2) is 10.6. The predicted molar refractivity (Wildman–Crippen MR) is 143 cm³/mol. The van der Waals surface area contributed by atoms with E-state index in [2.05, 4.69) is 4.90 Å². The summed E-state index contributed by atoms with van der Waals surface area (Å²) < 4.78 is 61.1. The second-order valence-corrected chi connectivity index (χ2v) is 9.45. The third-order valence-electron chi connectivity index (χ3n) is 7.36. The molecule has 3 aromatic carbocycles. The van der Waals surface area contributed by atoms with E-state index in [9.17, 15) is 18.0 Å². The molecule has 1 fully saturated rings. The van der Waals surface area contributed by atoms with Crippen molar-refractivity contribution in [2.45, 2.75) is 31.6 Å². The van der Waals surface area contributed by atoms with Gasteiger partial charge >= 0.3 is 11.9 Å². The van der Waals surface area contributed by atoms with Gasteiger partial charge in [-0.1, -0.05) is 30.3 Å². The van der Waals surface area contributed by atoms with Gasteiger partial charge in [-0.05, 0) is 48.7 Å². The monoisotopic (exact) mass is 541 g/mol. The Kier molecular flexibility index (Phi) is 7.20. The lowest BCUT2D eigenvalue weighted by Crippen LogP contribution is -2.38. The van der Waals surface area contributed by atoms with Gasteiger partial charge in [0.05, 0.1) is 39.0 Å². The van der Waals surface area contributed by atoms with Crippen LogP contribution in [0.5, 0.6) is 17.2 Å². The summed E-state index contributed by atoms with van der Waals surface area (Å²) in [6, 6.07) is 16.2. The van der Waals surface area contributed by atoms with Crippen molar-refractivity contribution >= 4 is 16.7 Å². The van der Waals surface area contributed by atoms with E-state index in [1.54, 1.807) is 37.0 Å². The number of para-hydroxylation sites is 2. The van der Waals surface area contributed by atoms with E-state index in [4.69, 9.17) is 14.2 Å². The molecule has 206 valence electrons. The Morgan fingerprint density at radius 1 is 0.821 bits per heavy atom. The first-order valence-electron chi connectivity index (χ1n) is 12.7. The van der Waals surface area contributed by atoms with Gasteiger partial charge in [-0.15, -0.1) is 0 Å². The second-order valence-electron chi connectivity index (χ2n) is 9.45. The summed E-state index contributed by atoms with van der Waals surface area (Å²) in [6.07, 6.45) is -3.23.